The lowest BCUT2D eigenvalue weighted by Gasteiger charge is -2.16. The van der Waals surface area contributed by atoms with Gasteiger partial charge in [-0.05, 0) is 33.8 Å². The van der Waals surface area contributed by atoms with E-state index in [1.807, 2.05) is 45.9 Å². The second-order valence-electron chi connectivity index (χ2n) is 4.24. The van der Waals surface area contributed by atoms with E-state index >= 15 is 0 Å². The molecule has 0 aliphatic heterocycles. The van der Waals surface area contributed by atoms with Gasteiger partial charge in [0, 0.05) is 11.6 Å². The Morgan fingerprint density at radius 2 is 1.69 bits per heavy atom. The number of hydrogen-bond donors (Lipinski definition) is 0. The molecule has 0 heterocycles. The molecule has 0 spiro atoms. The van der Waals surface area contributed by atoms with Crippen molar-refractivity contribution in [2.24, 2.45) is 0 Å². The minimum absolute atomic E-state index is 0.135. The molecule has 0 aromatic heterocycles. The average molecular weight is 243 g/mol. The topological polar surface area (TPSA) is 18.5 Å². The molecule has 0 aliphatic rings. The van der Waals surface area contributed by atoms with E-state index in [9.17, 15) is 0 Å². The van der Waals surface area contributed by atoms with E-state index in [4.69, 9.17) is 21.1 Å². The van der Waals surface area contributed by atoms with Gasteiger partial charge in [-0.2, -0.15) is 0 Å². The molecule has 1 aromatic carbocycles. The maximum absolute atomic E-state index is 5.85. The number of benzene rings is 1. The molecule has 0 unspecified atom stereocenters. The third-order valence-electron chi connectivity index (χ3n) is 1.92. The van der Waals surface area contributed by atoms with Crippen molar-refractivity contribution in [1.29, 1.82) is 0 Å². The summed E-state index contributed by atoms with van der Waals surface area (Å²) in [6.07, 6.45) is 0.296. The summed E-state index contributed by atoms with van der Waals surface area (Å²) in [6.45, 7) is 7.98. The Morgan fingerprint density at radius 3 is 2.19 bits per heavy atom. The summed E-state index contributed by atoms with van der Waals surface area (Å²) in [5.74, 6) is 2.08. The van der Waals surface area contributed by atoms with Crippen molar-refractivity contribution in [3.8, 4) is 11.5 Å². The molecule has 1 rings (SSSR count). The number of ether oxygens (including phenoxy) is 2. The maximum atomic E-state index is 5.85. The smallest absolute Gasteiger partial charge is 0.127 e. The zero-order valence-electron chi connectivity index (χ0n) is 10.3. The van der Waals surface area contributed by atoms with Gasteiger partial charge in [-0.3, -0.25) is 0 Å². The molecule has 1 aromatic rings. The van der Waals surface area contributed by atoms with Crippen molar-refractivity contribution in [3.05, 3.63) is 23.8 Å². The molecule has 0 fully saturated rings. The first-order valence-electron chi connectivity index (χ1n) is 5.55. The number of rotatable bonds is 5. The Kier molecular flexibility index (Phi) is 4.94. The van der Waals surface area contributed by atoms with Crippen molar-refractivity contribution >= 4 is 11.6 Å². The van der Waals surface area contributed by atoms with Crippen LogP contribution >= 0.6 is 11.6 Å². The predicted molar refractivity (Wildman–Crippen MR) is 67.5 cm³/mol. The Hall–Kier alpha value is -0.890. The Bertz CT molecular complexity index is 335. The van der Waals surface area contributed by atoms with Crippen LogP contribution in [-0.4, -0.2) is 12.2 Å². The standard InChI is InChI=1S/C13H19ClO2/c1-9(2)15-12-6-5-11(8-14)13(7-12)16-10(3)4/h5-7,9-10H,8H2,1-4H3. The maximum Gasteiger partial charge on any atom is 0.127 e. The van der Waals surface area contributed by atoms with Crippen molar-refractivity contribution in [3.63, 3.8) is 0 Å². The Labute approximate surface area is 103 Å². The van der Waals surface area contributed by atoms with Crippen molar-refractivity contribution in [2.45, 2.75) is 45.8 Å². The highest BCUT2D eigenvalue weighted by molar-refractivity contribution is 6.17. The Morgan fingerprint density at radius 1 is 1.06 bits per heavy atom. The third kappa shape index (κ3) is 3.93. The van der Waals surface area contributed by atoms with Gasteiger partial charge in [0.15, 0.2) is 0 Å². The van der Waals surface area contributed by atoms with Crippen LogP contribution in [0.1, 0.15) is 33.3 Å². The highest BCUT2D eigenvalue weighted by atomic mass is 35.5. The zero-order valence-corrected chi connectivity index (χ0v) is 11.0. The highest BCUT2D eigenvalue weighted by Crippen LogP contribution is 2.27. The molecule has 0 saturated heterocycles. The first-order valence-corrected chi connectivity index (χ1v) is 6.08. The normalized spacial score (nSPS) is 10.9. The summed E-state index contributed by atoms with van der Waals surface area (Å²) >= 11 is 5.85. The third-order valence-corrected chi connectivity index (χ3v) is 2.20. The minimum atomic E-state index is 0.135. The van der Waals surface area contributed by atoms with Gasteiger partial charge in [-0.25, -0.2) is 0 Å². The molecule has 90 valence electrons. The van der Waals surface area contributed by atoms with E-state index in [2.05, 4.69) is 0 Å². The van der Waals surface area contributed by atoms with Crippen molar-refractivity contribution in [1.82, 2.24) is 0 Å². The van der Waals surface area contributed by atoms with E-state index in [0.29, 0.717) is 5.88 Å². The van der Waals surface area contributed by atoms with Crippen LogP contribution < -0.4 is 9.47 Å². The molecule has 0 radical (unpaired) electrons. The van der Waals surface area contributed by atoms with Gasteiger partial charge in [0.1, 0.15) is 11.5 Å². The summed E-state index contributed by atoms with van der Waals surface area (Å²) in [5.41, 5.74) is 0.992. The number of hydrogen-bond acceptors (Lipinski definition) is 2. The molecule has 0 aliphatic carbocycles. The molecular weight excluding hydrogens is 224 g/mol. The Balaban J connectivity index is 2.91. The lowest BCUT2D eigenvalue weighted by atomic mass is 10.2. The van der Waals surface area contributed by atoms with Crippen LogP contribution in [0.25, 0.3) is 0 Å². The van der Waals surface area contributed by atoms with E-state index in [-0.39, 0.29) is 12.2 Å². The van der Waals surface area contributed by atoms with E-state index in [1.165, 1.54) is 0 Å². The van der Waals surface area contributed by atoms with E-state index in [1.54, 1.807) is 0 Å². The van der Waals surface area contributed by atoms with Gasteiger partial charge in [0.05, 0.1) is 18.1 Å². The van der Waals surface area contributed by atoms with Crippen LogP contribution in [0.5, 0.6) is 11.5 Å². The van der Waals surface area contributed by atoms with Gasteiger partial charge < -0.3 is 9.47 Å². The molecule has 0 N–H and O–H groups in total. The molecule has 3 heteroatoms. The molecule has 0 amide bonds. The zero-order chi connectivity index (χ0) is 12.1. The summed E-state index contributed by atoms with van der Waals surface area (Å²) in [6, 6.07) is 5.77. The van der Waals surface area contributed by atoms with E-state index in [0.717, 1.165) is 17.1 Å². The lowest BCUT2D eigenvalue weighted by molar-refractivity contribution is 0.228. The van der Waals surface area contributed by atoms with Gasteiger partial charge in [-0.1, -0.05) is 6.07 Å². The molecule has 16 heavy (non-hydrogen) atoms. The van der Waals surface area contributed by atoms with Gasteiger partial charge >= 0.3 is 0 Å². The fraction of sp³-hybridized carbons (Fsp3) is 0.538. The summed E-state index contributed by atoms with van der Waals surface area (Å²) in [5, 5.41) is 0. The van der Waals surface area contributed by atoms with Gasteiger partial charge in [0.2, 0.25) is 0 Å². The van der Waals surface area contributed by atoms with Crippen LogP contribution in [0.4, 0.5) is 0 Å². The van der Waals surface area contributed by atoms with Crippen LogP contribution in [0.15, 0.2) is 18.2 Å². The average Bonchev–Trinajstić information content (AvgIpc) is 2.16. The second kappa shape index (κ2) is 6.00. The summed E-state index contributed by atoms with van der Waals surface area (Å²) in [7, 11) is 0. The molecular formula is C13H19ClO2. The first kappa shape index (κ1) is 13.2. The van der Waals surface area contributed by atoms with E-state index < -0.39 is 0 Å². The number of halogens is 1. The molecule has 0 bridgehead atoms. The first-order chi connectivity index (χ1) is 7.52. The SMILES string of the molecule is CC(C)Oc1ccc(CCl)c(OC(C)C)c1. The van der Waals surface area contributed by atoms with Gasteiger partial charge in [0.25, 0.3) is 0 Å². The predicted octanol–water partition coefficient (Wildman–Crippen LogP) is 4.00. The fourth-order valence-electron chi connectivity index (χ4n) is 1.35. The second-order valence-corrected chi connectivity index (χ2v) is 4.50. The minimum Gasteiger partial charge on any atom is -0.491 e. The monoisotopic (exact) mass is 242 g/mol. The number of alkyl halides is 1. The highest BCUT2D eigenvalue weighted by Gasteiger charge is 2.07. The lowest BCUT2D eigenvalue weighted by Crippen LogP contribution is -2.09. The largest absolute Gasteiger partial charge is 0.491 e. The summed E-state index contributed by atoms with van der Waals surface area (Å²) in [4.78, 5) is 0. The van der Waals surface area contributed by atoms with Crippen LogP contribution in [0, 0.1) is 0 Å². The molecule has 0 saturated carbocycles. The quantitative estimate of drug-likeness (QED) is 0.727. The van der Waals surface area contributed by atoms with Crippen LogP contribution in [0.3, 0.4) is 0 Å². The van der Waals surface area contributed by atoms with Crippen molar-refractivity contribution in [2.75, 3.05) is 0 Å². The fourth-order valence-corrected chi connectivity index (χ4v) is 1.58. The molecule has 0 atom stereocenters. The van der Waals surface area contributed by atoms with Crippen molar-refractivity contribution < 1.29 is 9.47 Å². The summed E-state index contributed by atoms with van der Waals surface area (Å²) < 4.78 is 11.3. The molecule has 2 nitrogen and oxygen atoms in total. The van der Waals surface area contributed by atoms with Crippen LogP contribution in [-0.2, 0) is 5.88 Å². The van der Waals surface area contributed by atoms with Gasteiger partial charge in [-0.15, -0.1) is 11.6 Å². The van der Waals surface area contributed by atoms with Crippen LogP contribution in [0.2, 0.25) is 0 Å².